The molecule has 1 aliphatic carbocycles. The topological polar surface area (TPSA) is 105 Å². The minimum absolute atomic E-state index is 0.0324. The fourth-order valence-corrected chi connectivity index (χ4v) is 5.36. The highest BCUT2D eigenvalue weighted by Crippen LogP contribution is 2.42. The third-order valence-corrected chi connectivity index (χ3v) is 7.62. The summed E-state index contributed by atoms with van der Waals surface area (Å²) in [5, 5.41) is 14.3. The smallest absolute Gasteiger partial charge is 0.426 e. The molecule has 4 rings (SSSR count). The fourth-order valence-electron chi connectivity index (χ4n) is 4.39. The average Bonchev–Trinajstić information content (AvgIpc) is 3.39. The first-order valence-electron chi connectivity index (χ1n) is 12.4. The summed E-state index contributed by atoms with van der Waals surface area (Å²) in [6, 6.07) is 15.8. The molecular weight excluding hydrogens is 533 g/mol. The summed E-state index contributed by atoms with van der Waals surface area (Å²) in [5.41, 5.74) is 0.699. The molecule has 0 saturated heterocycles. The molecule has 0 spiro atoms. The Morgan fingerprint density at radius 3 is 2.10 bits per heavy atom. The van der Waals surface area contributed by atoms with Crippen LogP contribution >= 0.6 is 11.3 Å². The van der Waals surface area contributed by atoms with Gasteiger partial charge in [-0.15, -0.1) is 11.3 Å². The lowest BCUT2D eigenvalue weighted by Gasteiger charge is -2.26. The molecule has 0 aliphatic heterocycles. The number of thiophene rings is 1. The number of rotatable bonds is 9. The summed E-state index contributed by atoms with van der Waals surface area (Å²) in [5.74, 6) is -1.54. The van der Waals surface area contributed by atoms with E-state index < -0.39 is 22.9 Å². The van der Waals surface area contributed by atoms with Crippen molar-refractivity contribution in [2.75, 3.05) is 13.1 Å². The number of ether oxygens (including phenoxy) is 1. The molecule has 3 N–H and O–H groups in total. The molecule has 0 radical (unpaired) electrons. The van der Waals surface area contributed by atoms with Crippen LogP contribution < -0.4 is 15.4 Å². The molecule has 206 valence electrons. The van der Waals surface area contributed by atoms with E-state index in [4.69, 9.17) is 9.84 Å². The van der Waals surface area contributed by atoms with Crippen LogP contribution in [0.2, 0.25) is 0 Å². The minimum atomic E-state index is -4.59. The number of carbonyl (C=O) groups is 3. The van der Waals surface area contributed by atoms with Crippen molar-refractivity contribution in [2.24, 2.45) is 5.92 Å². The lowest BCUT2D eigenvalue weighted by Crippen LogP contribution is -2.34. The van der Waals surface area contributed by atoms with Gasteiger partial charge in [-0.05, 0) is 61.6 Å². The van der Waals surface area contributed by atoms with E-state index in [1.807, 2.05) is 0 Å². The Labute approximate surface area is 227 Å². The van der Waals surface area contributed by atoms with Crippen molar-refractivity contribution >= 4 is 29.1 Å². The first-order valence-corrected chi connectivity index (χ1v) is 13.3. The monoisotopic (exact) mass is 560 g/mol. The van der Waals surface area contributed by atoms with E-state index in [2.05, 4.69) is 10.6 Å². The van der Waals surface area contributed by atoms with E-state index in [-0.39, 0.29) is 41.5 Å². The molecule has 2 aromatic carbocycles. The van der Waals surface area contributed by atoms with Crippen molar-refractivity contribution in [2.45, 2.75) is 38.0 Å². The number of carbonyl (C=O) groups excluding carboxylic acids is 2. The van der Waals surface area contributed by atoms with Crippen molar-refractivity contribution in [3.63, 3.8) is 0 Å². The number of nitrogens with one attached hydrogen (secondary N) is 2. The van der Waals surface area contributed by atoms with Gasteiger partial charge in [-0.3, -0.25) is 14.4 Å². The van der Waals surface area contributed by atoms with Gasteiger partial charge < -0.3 is 20.5 Å². The average molecular weight is 561 g/mol. The zero-order valence-corrected chi connectivity index (χ0v) is 21.6. The van der Waals surface area contributed by atoms with Gasteiger partial charge in [0.2, 0.25) is 0 Å². The zero-order valence-electron chi connectivity index (χ0n) is 20.8. The second-order valence-electron chi connectivity index (χ2n) is 9.18. The first kappa shape index (κ1) is 28.2. The maximum atomic E-state index is 13.6. The molecule has 39 heavy (non-hydrogen) atoms. The summed E-state index contributed by atoms with van der Waals surface area (Å²) in [4.78, 5) is 35.1. The van der Waals surface area contributed by atoms with Gasteiger partial charge in [0.15, 0.2) is 0 Å². The number of benzene rings is 2. The molecule has 1 saturated carbocycles. The lowest BCUT2D eigenvalue weighted by molar-refractivity contribution is -0.143. The van der Waals surface area contributed by atoms with Gasteiger partial charge >= 0.3 is 12.1 Å². The van der Waals surface area contributed by atoms with Crippen LogP contribution in [0.15, 0.2) is 60.7 Å². The molecule has 0 bridgehead atoms. The van der Waals surface area contributed by atoms with E-state index in [0.717, 1.165) is 0 Å². The Morgan fingerprint density at radius 1 is 0.897 bits per heavy atom. The van der Waals surface area contributed by atoms with Crippen LogP contribution in [0.25, 0.3) is 11.1 Å². The fraction of sp³-hybridized carbons (Fsp3) is 0.321. The third kappa shape index (κ3) is 7.38. The van der Waals surface area contributed by atoms with Gasteiger partial charge in [0.1, 0.15) is 10.6 Å². The summed E-state index contributed by atoms with van der Waals surface area (Å²) in [7, 11) is 0. The van der Waals surface area contributed by atoms with E-state index in [1.54, 1.807) is 54.6 Å². The second kappa shape index (κ2) is 12.3. The van der Waals surface area contributed by atoms with Crippen molar-refractivity contribution in [1.29, 1.82) is 0 Å². The zero-order chi connectivity index (χ0) is 28.0. The minimum Gasteiger partial charge on any atom is -0.490 e. The Bertz CT molecular complexity index is 1300. The van der Waals surface area contributed by atoms with Crippen molar-refractivity contribution in [3.8, 4) is 16.9 Å². The van der Waals surface area contributed by atoms with Crippen LogP contribution in [0.5, 0.6) is 5.75 Å². The van der Waals surface area contributed by atoms with E-state index in [1.165, 1.54) is 6.07 Å². The van der Waals surface area contributed by atoms with E-state index in [0.29, 0.717) is 53.9 Å². The predicted octanol–water partition coefficient (Wildman–Crippen LogP) is 5.62. The Kier molecular flexibility index (Phi) is 8.90. The summed E-state index contributed by atoms with van der Waals surface area (Å²) in [6.07, 6.45) is -2.21. The van der Waals surface area contributed by atoms with Crippen LogP contribution in [-0.4, -0.2) is 42.1 Å². The van der Waals surface area contributed by atoms with Gasteiger partial charge in [-0.1, -0.05) is 30.3 Å². The highest BCUT2D eigenvalue weighted by atomic mass is 32.1. The molecule has 2 amide bonds. The number of amides is 2. The normalized spacial score (nSPS) is 17.3. The molecule has 1 heterocycles. The highest BCUT2D eigenvalue weighted by molar-refractivity contribution is 7.14. The van der Waals surface area contributed by atoms with Crippen LogP contribution in [0.4, 0.5) is 13.2 Å². The first-order chi connectivity index (χ1) is 18.6. The van der Waals surface area contributed by atoms with Gasteiger partial charge in [0, 0.05) is 24.2 Å². The molecule has 3 aromatic rings. The molecule has 1 fully saturated rings. The summed E-state index contributed by atoms with van der Waals surface area (Å²) >= 11 is 0.383. The largest absolute Gasteiger partial charge is 0.490 e. The van der Waals surface area contributed by atoms with Gasteiger partial charge in [0.05, 0.1) is 16.9 Å². The van der Waals surface area contributed by atoms with Crippen LogP contribution in [0.3, 0.4) is 0 Å². The number of aliphatic carboxylic acids is 1. The second-order valence-corrected chi connectivity index (χ2v) is 10.2. The SMILES string of the molecule is O=C(NCCNC(=O)c1cc(-c2ccccc2)c(C(F)(F)F)s1)c1ccc(OC2CCC(C(=O)O)CC2)cc1. The van der Waals surface area contributed by atoms with Crippen molar-refractivity contribution < 1.29 is 37.4 Å². The van der Waals surface area contributed by atoms with Crippen molar-refractivity contribution in [1.82, 2.24) is 10.6 Å². The molecular formula is C28H27F3N2O5S. The third-order valence-electron chi connectivity index (χ3n) is 6.44. The number of carboxylic acid groups (broad SMARTS) is 1. The number of hydrogen-bond acceptors (Lipinski definition) is 5. The van der Waals surface area contributed by atoms with Crippen LogP contribution in [0.1, 0.15) is 50.6 Å². The number of alkyl halides is 3. The van der Waals surface area contributed by atoms with Gasteiger partial charge in [-0.2, -0.15) is 13.2 Å². The molecule has 11 heteroatoms. The maximum absolute atomic E-state index is 13.6. The van der Waals surface area contributed by atoms with Gasteiger partial charge in [-0.25, -0.2) is 0 Å². The standard InChI is InChI=1S/C28H27F3N2O5S/c29-28(30,31)24-22(17-4-2-1-3-5-17)16-23(39-24)26(35)33-15-14-32-25(34)18-6-10-20(11-7-18)38-21-12-8-19(9-13-21)27(36)37/h1-7,10-11,16,19,21H,8-9,12-15H2,(H,32,34)(H,33,35)(H,36,37). The molecule has 7 nitrogen and oxygen atoms in total. The maximum Gasteiger partial charge on any atom is 0.426 e. The van der Waals surface area contributed by atoms with Crippen molar-refractivity contribution in [3.05, 3.63) is 76.0 Å². The quantitative estimate of drug-likeness (QED) is 0.295. The van der Waals surface area contributed by atoms with Crippen LogP contribution in [-0.2, 0) is 11.0 Å². The van der Waals surface area contributed by atoms with E-state index >= 15 is 0 Å². The van der Waals surface area contributed by atoms with Gasteiger partial charge in [0.25, 0.3) is 11.8 Å². The number of hydrogen-bond donors (Lipinski definition) is 3. The molecule has 1 aliphatic rings. The van der Waals surface area contributed by atoms with Crippen LogP contribution in [0, 0.1) is 5.92 Å². The van der Waals surface area contributed by atoms with E-state index in [9.17, 15) is 27.6 Å². The highest BCUT2D eigenvalue weighted by Gasteiger charge is 2.37. The molecule has 0 unspecified atom stereocenters. The molecule has 1 aromatic heterocycles. The summed E-state index contributed by atoms with van der Waals surface area (Å²) < 4.78 is 46.6. The molecule has 0 atom stereocenters. The number of carboxylic acids is 1. The summed E-state index contributed by atoms with van der Waals surface area (Å²) in [6.45, 7) is 0.114. The Morgan fingerprint density at radius 2 is 1.51 bits per heavy atom. The Balaban J connectivity index is 1.25. The predicted molar refractivity (Wildman–Crippen MR) is 140 cm³/mol. The number of halogens is 3. The lowest BCUT2D eigenvalue weighted by atomic mass is 9.87. The Hall–Kier alpha value is -3.86.